The van der Waals surface area contributed by atoms with E-state index in [1.807, 2.05) is 31.2 Å². The summed E-state index contributed by atoms with van der Waals surface area (Å²) in [5, 5.41) is 6.29. The van der Waals surface area contributed by atoms with Gasteiger partial charge < -0.3 is 10.6 Å². The second kappa shape index (κ2) is 7.22. The molecular formula is C18H22N4O. The molecule has 23 heavy (non-hydrogen) atoms. The fraction of sp³-hybridized carbons (Fsp3) is 0.389. The van der Waals surface area contributed by atoms with Crippen molar-refractivity contribution in [2.75, 3.05) is 10.6 Å². The normalized spacial score (nSPS) is 15.2. The van der Waals surface area contributed by atoms with Gasteiger partial charge in [-0.15, -0.1) is 0 Å². The van der Waals surface area contributed by atoms with E-state index in [1.165, 1.54) is 25.6 Å². The average Bonchev–Trinajstić information content (AvgIpc) is 2.56. The summed E-state index contributed by atoms with van der Waals surface area (Å²) < 4.78 is 0. The van der Waals surface area contributed by atoms with E-state index in [9.17, 15) is 4.79 Å². The average molecular weight is 310 g/mol. The quantitative estimate of drug-likeness (QED) is 0.902. The van der Waals surface area contributed by atoms with E-state index in [2.05, 4.69) is 20.6 Å². The van der Waals surface area contributed by atoms with Crippen LogP contribution in [-0.2, 0) is 0 Å². The fourth-order valence-electron chi connectivity index (χ4n) is 2.93. The summed E-state index contributed by atoms with van der Waals surface area (Å²) in [7, 11) is 0. The van der Waals surface area contributed by atoms with Crippen LogP contribution < -0.4 is 10.6 Å². The third-order valence-electron chi connectivity index (χ3n) is 4.13. The summed E-state index contributed by atoms with van der Waals surface area (Å²) >= 11 is 0. The van der Waals surface area contributed by atoms with Crippen LogP contribution in [0, 0.1) is 6.92 Å². The molecule has 2 aromatic rings. The molecule has 120 valence electrons. The summed E-state index contributed by atoms with van der Waals surface area (Å²) in [6, 6.07) is 9.88. The van der Waals surface area contributed by atoms with Crippen molar-refractivity contribution in [3.63, 3.8) is 0 Å². The van der Waals surface area contributed by atoms with Gasteiger partial charge in [0.1, 0.15) is 17.8 Å². The number of benzene rings is 1. The first-order chi connectivity index (χ1) is 11.2. The van der Waals surface area contributed by atoms with Crippen LogP contribution in [0.25, 0.3) is 0 Å². The summed E-state index contributed by atoms with van der Waals surface area (Å²) in [5.74, 6) is 0.506. The number of hydrogen-bond donors (Lipinski definition) is 2. The molecule has 0 spiro atoms. The molecule has 3 rings (SSSR count). The minimum atomic E-state index is -0.218. The number of hydrogen-bond acceptors (Lipinski definition) is 4. The molecule has 1 aliphatic carbocycles. The number of carbonyl (C=O) groups excluding carboxylic acids is 1. The summed E-state index contributed by atoms with van der Waals surface area (Å²) in [6.07, 6.45) is 7.58. The molecule has 0 unspecified atom stereocenters. The highest BCUT2D eigenvalue weighted by Gasteiger charge is 2.15. The van der Waals surface area contributed by atoms with Gasteiger partial charge in [-0.1, -0.05) is 31.4 Å². The van der Waals surface area contributed by atoms with E-state index in [0.29, 0.717) is 11.7 Å². The van der Waals surface area contributed by atoms with Crippen LogP contribution in [-0.4, -0.2) is 21.9 Å². The zero-order valence-corrected chi connectivity index (χ0v) is 13.4. The standard InChI is InChI=1S/C18H22N4O/c1-13-6-5-9-15(10-13)22-18(23)16-11-17(20-12-19-16)21-14-7-3-2-4-8-14/h5-6,9-12,14H,2-4,7-8H2,1H3,(H,22,23)(H,19,20,21). The minimum absolute atomic E-state index is 0.218. The molecular weight excluding hydrogens is 288 g/mol. The maximum atomic E-state index is 12.3. The van der Waals surface area contributed by atoms with E-state index >= 15 is 0 Å². The number of nitrogens with zero attached hydrogens (tertiary/aromatic N) is 2. The number of carbonyl (C=O) groups is 1. The Morgan fingerprint density at radius 2 is 1.96 bits per heavy atom. The molecule has 0 aliphatic heterocycles. The van der Waals surface area contributed by atoms with Gasteiger partial charge in [0.05, 0.1) is 0 Å². The van der Waals surface area contributed by atoms with Crippen LogP contribution in [0.4, 0.5) is 11.5 Å². The zero-order valence-electron chi connectivity index (χ0n) is 13.4. The van der Waals surface area contributed by atoms with Gasteiger partial charge in [0.2, 0.25) is 0 Å². The second-order valence-electron chi connectivity index (χ2n) is 6.09. The molecule has 2 N–H and O–H groups in total. The lowest BCUT2D eigenvalue weighted by atomic mass is 9.95. The monoisotopic (exact) mass is 310 g/mol. The molecule has 5 heteroatoms. The van der Waals surface area contributed by atoms with Crippen molar-refractivity contribution in [3.8, 4) is 0 Å². The van der Waals surface area contributed by atoms with Crippen molar-refractivity contribution in [3.05, 3.63) is 47.9 Å². The van der Waals surface area contributed by atoms with Crippen molar-refractivity contribution in [1.82, 2.24) is 9.97 Å². The van der Waals surface area contributed by atoms with Crippen LogP contribution in [0.5, 0.6) is 0 Å². The van der Waals surface area contributed by atoms with Gasteiger partial charge in [-0.3, -0.25) is 4.79 Å². The summed E-state index contributed by atoms with van der Waals surface area (Å²) in [4.78, 5) is 20.7. The van der Waals surface area contributed by atoms with Crippen molar-refractivity contribution in [2.45, 2.75) is 45.1 Å². The van der Waals surface area contributed by atoms with E-state index in [-0.39, 0.29) is 5.91 Å². The Kier molecular flexibility index (Phi) is 4.86. The molecule has 1 fully saturated rings. The van der Waals surface area contributed by atoms with Gasteiger partial charge in [-0.2, -0.15) is 0 Å². The molecule has 5 nitrogen and oxygen atoms in total. The highest BCUT2D eigenvalue weighted by atomic mass is 16.1. The van der Waals surface area contributed by atoms with Crippen LogP contribution in [0.3, 0.4) is 0 Å². The van der Waals surface area contributed by atoms with E-state index in [4.69, 9.17) is 0 Å². The maximum absolute atomic E-state index is 12.3. The lowest BCUT2D eigenvalue weighted by Gasteiger charge is -2.23. The van der Waals surface area contributed by atoms with Crippen LogP contribution >= 0.6 is 0 Å². The summed E-state index contributed by atoms with van der Waals surface area (Å²) in [5.41, 5.74) is 2.25. The summed E-state index contributed by atoms with van der Waals surface area (Å²) in [6.45, 7) is 1.99. The third-order valence-corrected chi connectivity index (χ3v) is 4.13. The van der Waals surface area contributed by atoms with Crippen LogP contribution in [0.15, 0.2) is 36.7 Å². The molecule has 1 amide bonds. The van der Waals surface area contributed by atoms with Crippen LogP contribution in [0.1, 0.15) is 48.2 Å². The Balaban J connectivity index is 1.67. The molecule has 0 atom stereocenters. The maximum Gasteiger partial charge on any atom is 0.274 e. The Morgan fingerprint density at radius 3 is 2.74 bits per heavy atom. The number of nitrogens with one attached hydrogen (secondary N) is 2. The highest BCUT2D eigenvalue weighted by Crippen LogP contribution is 2.21. The molecule has 1 aromatic carbocycles. The first kappa shape index (κ1) is 15.5. The third kappa shape index (κ3) is 4.28. The Bertz CT molecular complexity index is 680. The van der Waals surface area contributed by atoms with Crippen LogP contribution in [0.2, 0.25) is 0 Å². The lowest BCUT2D eigenvalue weighted by Crippen LogP contribution is -2.23. The van der Waals surface area contributed by atoms with Crippen molar-refractivity contribution < 1.29 is 4.79 Å². The van der Waals surface area contributed by atoms with Gasteiger partial charge in [-0.05, 0) is 37.5 Å². The minimum Gasteiger partial charge on any atom is -0.367 e. The first-order valence-electron chi connectivity index (χ1n) is 8.17. The molecule has 1 heterocycles. The van der Waals surface area contributed by atoms with Gasteiger partial charge >= 0.3 is 0 Å². The Morgan fingerprint density at radius 1 is 1.13 bits per heavy atom. The first-order valence-corrected chi connectivity index (χ1v) is 8.17. The molecule has 1 aliphatic rings. The smallest absolute Gasteiger partial charge is 0.274 e. The largest absolute Gasteiger partial charge is 0.367 e. The van der Waals surface area contributed by atoms with Crippen molar-refractivity contribution in [1.29, 1.82) is 0 Å². The van der Waals surface area contributed by atoms with Gasteiger partial charge in [0.25, 0.3) is 5.91 Å². The second-order valence-corrected chi connectivity index (χ2v) is 6.09. The Labute approximate surface area is 136 Å². The number of aryl methyl sites for hydroxylation is 1. The molecule has 1 saturated carbocycles. The van der Waals surface area contributed by atoms with Crippen molar-refractivity contribution >= 4 is 17.4 Å². The van der Waals surface area contributed by atoms with Gasteiger partial charge in [-0.25, -0.2) is 9.97 Å². The molecule has 0 saturated heterocycles. The number of anilines is 2. The Hall–Kier alpha value is -2.43. The zero-order chi connectivity index (χ0) is 16.1. The van der Waals surface area contributed by atoms with Crippen molar-refractivity contribution in [2.24, 2.45) is 0 Å². The highest BCUT2D eigenvalue weighted by molar-refractivity contribution is 6.03. The van der Waals surface area contributed by atoms with E-state index in [1.54, 1.807) is 6.07 Å². The SMILES string of the molecule is Cc1cccc(NC(=O)c2cc(NC3CCCCC3)ncn2)c1. The van der Waals surface area contributed by atoms with E-state index in [0.717, 1.165) is 29.9 Å². The van der Waals surface area contributed by atoms with Gasteiger partial charge in [0, 0.05) is 17.8 Å². The lowest BCUT2D eigenvalue weighted by molar-refractivity contribution is 0.102. The fourth-order valence-corrected chi connectivity index (χ4v) is 2.93. The molecule has 0 bridgehead atoms. The van der Waals surface area contributed by atoms with Gasteiger partial charge in [0.15, 0.2) is 0 Å². The topological polar surface area (TPSA) is 66.9 Å². The number of amides is 1. The van der Waals surface area contributed by atoms with E-state index < -0.39 is 0 Å². The number of aromatic nitrogens is 2. The molecule has 1 aromatic heterocycles. The predicted octanol–water partition coefficient (Wildman–Crippen LogP) is 3.78. The number of rotatable bonds is 4. The predicted molar refractivity (Wildman–Crippen MR) is 91.7 cm³/mol. The molecule has 0 radical (unpaired) electrons.